The molecule has 32 heavy (non-hydrogen) atoms. The Morgan fingerprint density at radius 1 is 1.12 bits per heavy atom. The molecule has 2 fully saturated rings. The molecular formula is C23H33BN2O6. The third-order valence-electron chi connectivity index (χ3n) is 6.43. The van der Waals surface area contributed by atoms with Gasteiger partial charge >= 0.3 is 7.12 Å². The molecule has 3 aliphatic heterocycles. The van der Waals surface area contributed by atoms with Crippen LogP contribution in [0, 0.1) is 0 Å². The Kier molecular flexibility index (Phi) is 6.56. The van der Waals surface area contributed by atoms with E-state index in [9.17, 15) is 0 Å². The molecule has 3 heterocycles. The summed E-state index contributed by atoms with van der Waals surface area (Å²) in [5.41, 5.74) is 8.19. The molecule has 0 saturated carbocycles. The van der Waals surface area contributed by atoms with Crippen molar-refractivity contribution in [3.8, 4) is 11.5 Å². The highest BCUT2D eigenvalue weighted by Gasteiger charge is 2.53. The van der Waals surface area contributed by atoms with Crippen molar-refractivity contribution in [2.45, 2.75) is 51.2 Å². The first kappa shape index (κ1) is 23.1. The zero-order valence-corrected chi connectivity index (χ0v) is 19.5. The summed E-state index contributed by atoms with van der Waals surface area (Å²) in [5, 5.41) is 3.22. The number of hydrogen-bond acceptors (Lipinski definition) is 8. The number of allylic oxidation sites excluding steroid dienone is 2. The first-order chi connectivity index (χ1) is 15.2. The van der Waals surface area contributed by atoms with Crippen LogP contribution in [-0.2, 0) is 18.8 Å². The number of dihydropyridines is 1. The molecule has 1 unspecified atom stereocenters. The van der Waals surface area contributed by atoms with E-state index in [-0.39, 0.29) is 6.10 Å². The first-order valence-electron chi connectivity index (χ1n) is 11.0. The minimum atomic E-state index is -0.520. The van der Waals surface area contributed by atoms with Gasteiger partial charge in [-0.2, -0.15) is 0 Å². The molecular weight excluding hydrogens is 411 g/mol. The lowest BCUT2D eigenvalue weighted by atomic mass is 9.74. The number of hydrogen-bond donors (Lipinski definition) is 2. The lowest BCUT2D eigenvalue weighted by molar-refractivity contribution is -0.101. The molecule has 0 aromatic heterocycles. The molecule has 0 aliphatic carbocycles. The highest BCUT2D eigenvalue weighted by molar-refractivity contribution is 6.55. The summed E-state index contributed by atoms with van der Waals surface area (Å²) >= 11 is 0. The molecule has 2 saturated heterocycles. The molecule has 1 aromatic rings. The van der Waals surface area contributed by atoms with Gasteiger partial charge in [0.2, 0.25) is 0 Å². The molecule has 174 valence electrons. The molecule has 3 aliphatic rings. The van der Waals surface area contributed by atoms with Gasteiger partial charge in [0.25, 0.3) is 0 Å². The SMILES string of the molecule is COc1cc(C2=CNC(N)C(B3OC(C)(C)C(C)(C)O3)=C2)ccc1OC[C@H]1COCCO1. The van der Waals surface area contributed by atoms with Gasteiger partial charge in [0.05, 0.1) is 44.3 Å². The second kappa shape index (κ2) is 9.07. The normalized spacial score (nSPS) is 26.8. The Balaban J connectivity index is 1.51. The van der Waals surface area contributed by atoms with Crippen LogP contribution >= 0.6 is 0 Å². The van der Waals surface area contributed by atoms with Gasteiger partial charge < -0.3 is 39.3 Å². The van der Waals surface area contributed by atoms with Gasteiger partial charge in [-0.1, -0.05) is 12.1 Å². The monoisotopic (exact) mass is 444 g/mol. The van der Waals surface area contributed by atoms with Crippen molar-refractivity contribution in [3.63, 3.8) is 0 Å². The van der Waals surface area contributed by atoms with Crippen molar-refractivity contribution in [2.24, 2.45) is 5.73 Å². The number of rotatable bonds is 6. The zero-order valence-electron chi connectivity index (χ0n) is 19.5. The van der Waals surface area contributed by atoms with Crippen LogP contribution < -0.4 is 20.5 Å². The molecule has 9 heteroatoms. The molecule has 4 rings (SSSR count). The fraction of sp³-hybridized carbons (Fsp3) is 0.565. The van der Waals surface area contributed by atoms with Crippen LogP contribution in [0.4, 0.5) is 0 Å². The summed E-state index contributed by atoms with van der Waals surface area (Å²) in [6, 6.07) is 5.82. The molecule has 2 atom stereocenters. The van der Waals surface area contributed by atoms with Gasteiger partial charge in [0.15, 0.2) is 11.5 Å². The molecule has 0 bridgehead atoms. The standard InChI is InChI=1S/C23H33BN2O6/c1-22(2)23(3,4)32-24(31-22)18-10-16(12-26-21(18)25)15-6-7-19(20(11-15)27-5)30-14-17-13-28-8-9-29-17/h6-7,10-12,17,21,26H,8-9,13-14,25H2,1-5H3/t17-,21?/m1/s1. The van der Waals surface area contributed by atoms with Gasteiger partial charge in [0.1, 0.15) is 12.7 Å². The fourth-order valence-electron chi connectivity index (χ4n) is 3.73. The Morgan fingerprint density at radius 3 is 2.53 bits per heavy atom. The van der Waals surface area contributed by atoms with Crippen molar-refractivity contribution in [1.29, 1.82) is 0 Å². The quantitative estimate of drug-likeness (QED) is 0.646. The van der Waals surface area contributed by atoms with Crippen molar-refractivity contribution in [3.05, 3.63) is 41.5 Å². The summed E-state index contributed by atoms with van der Waals surface area (Å²) < 4.78 is 35.0. The van der Waals surface area contributed by atoms with Crippen LogP contribution in [0.25, 0.3) is 5.57 Å². The minimum absolute atomic E-state index is 0.0784. The maximum atomic E-state index is 6.32. The highest BCUT2D eigenvalue weighted by atomic mass is 16.7. The second-order valence-corrected chi connectivity index (χ2v) is 9.22. The van der Waals surface area contributed by atoms with Crippen LogP contribution in [0.2, 0.25) is 0 Å². The predicted octanol–water partition coefficient (Wildman–Crippen LogP) is 2.28. The average molecular weight is 444 g/mol. The fourth-order valence-corrected chi connectivity index (χ4v) is 3.73. The highest BCUT2D eigenvalue weighted by Crippen LogP contribution is 2.40. The summed E-state index contributed by atoms with van der Waals surface area (Å²) in [5.74, 6) is 1.29. The third-order valence-corrected chi connectivity index (χ3v) is 6.43. The Hall–Kier alpha value is -2.04. The first-order valence-corrected chi connectivity index (χ1v) is 11.0. The van der Waals surface area contributed by atoms with Crippen LogP contribution in [0.15, 0.2) is 35.9 Å². The summed E-state index contributed by atoms with van der Waals surface area (Å²) in [6.07, 6.45) is 3.44. The van der Waals surface area contributed by atoms with E-state index in [1.165, 1.54) is 0 Å². The van der Waals surface area contributed by atoms with E-state index in [1.807, 2.05) is 58.2 Å². The summed E-state index contributed by atoms with van der Waals surface area (Å²) in [4.78, 5) is 0. The van der Waals surface area contributed by atoms with E-state index < -0.39 is 24.5 Å². The maximum absolute atomic E-state index is 6.32. The van der Waals surface area contributed by atoms with Crippen LogP contribution in [0.3, 0.4) is 0 Å². The van der Waals surface area contributed by atoms with Gasteiger partial charge in [-0.05, 0) is 56.4 Å². The predicted molar refractivity (Wildman–Crippen MR) is 122 cm³/mol. The van der Waals surface area contributed by atoms with Gasteiger partial charge in [-0.15, -0.1) is 0 Å². The molecule has 3 N–H and O–H groups in total. The van der Waals surface area contributed by atoms with E-state index in [2.05, 4.69) is 5.32 Å². The lowest BCUT2D eigenvalue weighted by Crippen LogP contribution is -2.44. The Morgan fingerprint density at radius 2 is 1.88 bits per heavy atom. The number of benzene rings is 1. The van der Waals surface area contributed by atoms with Crippen molar-refractivity contribution in [2.75, 3.05) is 33.5 Å². The van der Waals surface area contributed by atoms with Gasteiger partial charge in [-0.3, -0.25) is 0 Å². The zero-order chi connectivity index (χ0) is 22.9. The minimum Gasteiger partial charge on any atom is -0.493 e. The van der Waals surface area contributed by atoms with Crippen molar-refractivity contribution >= 4 is 12.7 Å². The molecule has 0 amide bonds. The molecule has 1 aromatic carbocycles. The van der Waals surface area contributed by atoms with E-state index >= 15 is 0 Å². The third kappa shape index (κ3) is 4.67. The van der Waals surface area contributed by atoms with Crippen LogP contribution in [0.1, 0.15) is 33.3 Å². The summed E-state index contributed by atoms with van der Waals surface area (Å²) in [7, 11) is 1.11. The van der Waals surface area contributed by atoms with Crippen LogP contribution in [-0.4, -0.2) is 64.1 Å². The van der Waals surface area contributed by atoms with Gasteiger partial charge in [0, 0.05) is 6.20 Å². The Bertz CT molecular complexity index is 878. The number of methoxy groups -OCH3 is 1. The summed E-state index contributed by atoms with van der Waals surface area (Å²) in [6.45, 7) is 10.3. The number of nitrogens with one attached hydrogen (secondary N) is 1. The average Bonchev–Trinajstić information content (AvgIpc) is 3.00. The maximum Gasteiger partial charge on any atom is 0.494 e. The topological polar surface area (TPSA) is 93.4 Å². The van der Waals surface area contributed by atoms with E-state index in [0.717, 1.165) is 16.6 Å². The van der Waals surface area contributed by atoms with E-state index in [1.54, 1.807) is 7.11 Å². The van der Waals surface area contributed by atoms with Crippen LogP contribution in [0.5, 0.6) is 11.5 Å². The van der Waals surface area contributed by atoms with E-state index in [0.29, 0.717) is 37.9 Å². The second-order valence-electron chi connectivity index (χ2n) is 9.22. The van der Waals surface area contributed by atoms with E-state index in [4.69, 9.17) is 34.0 Å². The molecule has 8 nitrogen and oxygen atoms in total. The molecule has 0 radical (unpaired) electrons. The van der Waals surface area contributed by atoms with Crippen molar-refractivity contribution in [1.82, 2.24) is 5.32 Å². The largest absolute Gasteiger partial charge is 0.494 e. The smallest absolute Gasteiger partial charge is 0.493 e. The lowest BCUT2D eigenvalue weighted by Gasteiger charge is -2.32. The van der Waals surface area contributed by atoms with Crippen molar-refractivity contribution < 1.29 is 28.3 Å². The molecule has 0 spiro atoms. The number of nitrogens with two attached hydrogens (primary N) is 1. The van der Waals surface area contributed by atoms with Gasteiger partial charge in [-0.25, -0.2) is 0 Å². The Labute approximate surface area is 190 Å². The number of ether oxygens (including phenoxy) is 4.